The number of hydrogen-bond acceptors (Lipinski definition) is 2. The molecule has 0 radical (unpaired) electrons. The maximum Gasteiger partial charge on any atom is 0.252 e. The van der Waals surface area contributed by atoms with Crippen molar-refractivity contribution in [2.75, 3.05) is 24.5 Å². The van der Waals surface area contributed by atoms with Gasteiger partial charge in [-0.05, 0) is 42.7 Å². The zero-order valence-electron chi connectivity index (χ0n) is 12.6. The van der Waals surface area contributed by atoms with Gasteiger partial charge in [0.15, 0.2) is 0 Å². The van der Waals surface area contributed by atoms with Crippen LogP contribution in [-0.2, 0) is 0 Å². The first-order valence-electron chi connectivity index (χ1n) is 7.67. The lowest BCUT2D eigenvalue weighted by molar-refractivity contribution is 0.0948. The van der Waals surface area contributed by atoms with Gasteiger partial charge in [0, 0.05) is 29.8 Å². The van der Waals surface area contributed by atoms with Gasteiger partial charge in [0.05, 0.1) is 10.6 Å². The predicted octanol–water partition coefficient (Wildman–Crippen LogP) is 4.36. The fourth-order valence-corrected chi connectivity index (χ4v) is 3.64. The second kappa shape index (κ2) is 7.37. The van der Waals surface area contributed by atoms with Crippen LogP contribution in [0.25, 0.3) is 0 Å². The Kier molecular flexibility index (Phi) is 5.23. The van der Waals surface area contributed by atoms with Gasteiger partial charge in [0.25, 0.3) is 5.91 Å². The Morgan fingerprint density at radius 1 is 1.26 bits per heavy atom. The summed E-state index contributed by atoms with van der Waals surface area (Å²) in [4.78, 5) is 14.6. The van der Waals surface area contributed by atoms with Crippen molar-refractivity contribution in [2.24, 2.45) is 5.92 Å². The molecule has 1 aliphatic heterocycles. The van der Waals surface area contributed by atoms with Gasteiger partial charge in [-0.15, -0.1) is 0 Å². The maximum absolute atomic E-state index is 12.3. The zero-order chi connectivity index (χ0) is 16.2. The molecule has 3 nitrogen and oxygen atoms in total. The lowest BCUT2D eigenvalue weighted by atomic mass is 10.1. The highest BCUT2D eigenvalue weighted by Gasteiger charge is 2.23. The molecule has 0 saturated carbocycles. The van der Waals surface area contributed by atoms with E-state index in [0.29, 0.717) is 23.0 Å². The van der Waals surface area contributed by atoms with E-state index in [1.807, 2.05) is 12.1 Å². The van der Waals surface area contributed by atoms with Gasteiger partial charge in [-0.1, -0.05) is 45.7 Å². The highest BCUT2D eigenvalue weighted by atomic mass is 79.9. The van der Waals surface area contributed by atoms with Gasteiger partial charge in [-0.25, -0.2) is 0 Å². The molecule has 2 aromatic rings. The average molecular weight is 394 g/mol. The fourth-order valence-electron chi connectivity index (χ4n) is 2.88. The van der Waals surface area contributed by atoms with Crippen LogP contribution in [0.4, 0.5) is 5.69 Å². The minimum atomic E-state index is -0.110. The number of hydrogen-bond donors (Lipinski definition) is 1. The number of para-hydroxylation sites is 1. The molecule has 120 valence electrons. The van der Waals surface area contributed by atoms with Crippen LogP contribution < -0.4 is 10.2 Å². The summed E-state index contributed by atoms with van der Waals surface area (Å²) >= 11 is 9.47. The summed E-state index contributed by atoms with van der Waals surface area (Å²) in [5.41, 5.74) is 1.77. The van der Waals surface area contributed by atoms with Crippen LogP contribution >= 0.6 is 27.5 Å². The standard InChI is InChI=1S/C18H18BrClN2O/c19-14-6-7-16(17(20)10-14)18(23)21-11-13-8-9-22(12-13)15-4-2-1-3-5-15/h1-7,10,13H,8-9,11-12H2,(H,21,23). The molecule has 5 heteroatoms. The van der Waals surface area contributed by atoms with Crippen molar-refractivity contribution in [3.63, 3.8) is 0 Å². The van der Waals surface area contributed by atoms with E-state index in [1.54, 1.807) is 12.1 Å². The molecule has 3 rings (SSSR count). The van der Waals surface area contributed by atoms with Crippen LogP contribution in [-0.4, -0.2) is 25.5 Å². The summed E-state index contributed by atoms with van der Waals surface area (Å²) in [6, 6.07) is 15.7. The minimum absolute atomic E-state index is 0.110. The molecule has 0 aliphatic carbocycles. The molecule has 23 heavy (non-hydrogen) atoms. The predicted molar refractivity (Wildman–Crippen MR) is 98.2 cm³/mol. The van der Waals surface area contributed by atoms with E-state index in [9.17, 15) is 4.79 Å². The van der Waals surface area contributed by atoms with Crippen molar-refractivity contribution in [1.82, 2.24) is 5.32 Å². The Bertz CT molecular complexity index is 693. The third kappa shape index (κ3) is 4.06. The third-order valence-electron chi connectivity index (χ3n) is 4.13. The Balaban J connectivity index is 1.54. The number of amides is 1. The first kappa shape index (κ1) is 16.3. The number of rotatable bonds is 4. The van der Waals surface area contributed by atoms with Crippen molar-refractivity contribution < 1.29 is 4.79 Å². The fraction of sp³-hybridized carbons (Fsp3) is 0.278. The topological polar surface area (TPSA) is 32.3 Å². The first-order valence-corrected chi connectivity index (χ1v) is 8.84. The van der Waals surface area contributed by atoms with Crippen LogP contribution in [0.2, 0.25) is 5.02 Å². The molecule has 0 bridgehead atoms. The molecule has 0 spiro atoms. The van der Waals surface area contributed by atoms with E-state index in [1.165, 1.54) is 5.69 Å². The molecule has 1 unspecified atom stereocenters. The van der Waals surface area contributed by atoms with E-state index < -0.39 is 0 Å². The van der Waals surface area contributed by atoms with E-state index in [2.05, 4.69) is 50.4 Å². The van der Waals surface area contributed by atoms with Crippen molar-refractivity contribution in [1.29, 1.82) is 0 Å². The maximum atomic E-state index is 12.3. The number of carbonyl (C=O) groups is 1. The summed E-state index contributed by atoms with van der Waals surface area (Å²) in [6.45, 7) is 2.68. The van der Waals surface area contributed by atoms with Gasteiger partial charge in [0.2, 0.25) is 0 Å². The Labute approximate surface area is 149 Å². The quantitative estimate of drug-likeness (QED) is 0.837. The van der Waals surface area contributed by atoms with Crippen LogP contribution in [0.15, 0.2) is 53.0 Å². The molecule has 1 fully saturated rings. The van der Waals surface area contributed by atoms with Gasteiger partial charge in [0.1, 0.15) is 0 Å². The molecule has 1 atom stereocenters. The largest absolute Gasteiger partial charge is 0.371 e. The molecule has 1 amide bonds. The van der Waals surface area contributed by atoms with Gasteiger partial charge in [-0.3, -0.25) is 4.79 Å². The zero-order valence-corrected chi connectivity index (χ0v) is 15.0. The summed E-state index contributed by atoms with van der Waals surface area (Å²) in [7, 11) is 0. The Morgan fingerprint density at radius 3 is 2.78 bits per heavy atom. The Morgan fingerprint density at radius 2 is 2.04 bits per heavy atom. The lowest BCUT2D eigenvalue weighted by Gasteiger charge is -2.18. The number of halogens is 2. The van der Waals surface area contributed by atoms with Crippen LogP contribution in [0.5, 0.6) is 0 Å². The first-order chi connectivity index (χ1) is 11.1. The third-order valence-corrected chi connectivity index (χ3v) is 4.94. The average Bonchev–Trinajstić information content (AvgIpc) is 3.02. The molecular formula is C18H18BrClN2O. The van der Waals surface area contributed by atoms with Gasteiger partial charge >= 0.3 is 0 Å². The van der Waals surface area contributed by atoms with E-state index >= 15 is 0 Å². The normalized spacial score (nSPS) is 17.3. The molecule has 0 aromatic heterocycles. The van der Waals surface area contributed by atoms with Crippen LogP contribution in [0, 0.1) is 5.92 Å². The highest BCUT2D eigenvalue weighted by Crippen LogP contribution is 2.24. The molecule has 1 heterocycles. The summed E-state index contributed by atoms with van der Waals surface area (Å²) in [6.07, 6.45) is 1.09. The molecule has 1 aliphatic rings. The number of carbonyl (C=O) groups excluding carboxylic acids is 1. The van der Waals surface area contributed by atoms with Crippen molar-refractivity contribution in [3.8, 4) is 0 Å². The summed E-state index contributed by atoms with van der Waals surface area (Å²) in [5.74, 6) is 0.356. The minimum Gasteiger partial charge on any atom is -0.371 e. The molecule has 1 N–H and O–H groups in total. The van der Waals surface area contributed by atoms with E-state index in [0.717, 1.165) is 24.0 Å². The van der Waals surface area contributed by atoms with Gasteiger partial charge < -0.3 is 10.2 Å². The Hall–Kier alpha value is -1.52. The number of benzene rings is 2. The van der Waals surface area contributed by atoms with Crippen LogP contribution in [0.3, 0.4) is 0 Å². The second-order valence-corrected chi connectivity index (χ2v) is 7.09. The smallest absolute Gasteiger partial charge is 0.252 e. The van der Waals surface area contributed by atoms with Crippen molar-refractivity contribution in [3.05, 3.63) is 63.6 Å². The molecular weight excluding hydrogens is 376 g/mol. The van der Waals surface area contributed by atoms with Crippen LogP contribution in [0.1, 0.15) is 16.8 Å². The number of nitrogens with one attached hydrogen (secondary N) is 1. The number of nitrogens with zero attached hydrogens (tertiary/aromatic N) is 1. The SMILES string of the molecule is O=C(NCC1CCN(c2ccccc2)C1)c1ccc(Br)cc1Cl. The summed E-state index contributed by atoms with van der Waals surface area (Å²) in [5, 5.41) is 3.47. The van der Waals surface area contributed by atoms with E-state index in [-0.39, 0.29) is 5.91 Å². The second-order valence-electron chi connectivity index (χ2n) is 5.77. The lowest BCUT2D eigenvalue weighted by Crippen LogP contribution is -2.31. The van der Waals surface area contributed by atoms with Gasteiger partial charge in [-0.2, -0.15) is 0 Å². The summed E-state index contributed by atoms with van der Waals surface area (Å²) < 4.78 is 0.869. The molecule has 2 aromatic carbocycles. The van der Waals surface area contributed by atoms with E-state index in [4.69, 9.17) is 11.6 Å². The van der Waals surface area contributed by atoms with Crippen molar-refractivity contribution >= 4 is 39.1 Å². The monoisotopic (exact) mass is 392 g/mol. The van der Waals surface area contributed by atoms with Crippen molar-refractivity contribution in [2.45, 2.75) is 6.42 Å². The highest BCUT2D eigenvalue weighted by molar-refractivity contribution is 9.10. The number of anilines is 1. The molecule has 1 saturated heterocycles.